The van der Waals surface area contributed by atoms with Crippen molar-refractivity contribution in [2.45, 2.75) is 77.6 Å². The van der Waals surface area contributed by atoms with Crippen LogP contribution in [-0.2, 0) is 4.74 Å². The summed E-state index contributed by atoms with van der Waals surface area (Å²) in [7, 11) is 4.32. The summed E-state index contributed by atoms with van der Waals surface area (Å²) in [6.07, 6.45) is 14.5. The van der Waals surface area contributed by atoms with E-state index in [0.29, 0.717) is 0 Å². The van der Waals surface area contributed by atoms with Gasteiger partial charge in [-0.15, -0.1) is 0 Å². The van der Waals surface area contributed by atoms with E-state index >= 15 is 0 Å². The third kappa shape index (κ3) is 18.2. The molecule has 3 nitrogen and oxygen atoms in total. The summed E-state index contributed by atoms with van der Waals surface area (Å²) in [6, 6.07) is 0. The lowest BCUT2D eigenvalue weighted by molar-refractivity contribution is -0.909. The monoisotopic (exact) mass is 337 g/mol. The molecule has 22 heavy (non-hydrogen) atoms. The highest BCUT2D eigenvalue weighted by molar-refractivity contribution is 4.47. The number of hydrogen-bond acceptors (Lipinski definition) is 2. The first-order chi connectivity index (χ1) is 10.1. The number of aliphatic hydroxyl groups is 1. The van der Waals surface area contributed by atoms with Crippen molar-refractivity contribution in [1.29, 1.82) is 0 Å². The van der Waals surface area contributed by atoms with E-state index in [2.05, 4.69) is 21.0 Å². The molecule has 0 aromatic rings. The van der Waals surface area contributed by atoms with Crippen LogP contribution in [0, 0.1) is 0 Å². The molecule has 136 valence electrons. The summed E-state index contributed by atoms with van der Waals surface area (Å²) in [4.78, 5) is 0. The highest BCUT2D eigenvalue weighted by Gasteiger charge is 2.13. The van der Waals surface area contributed by atoms with E-state index in [1.54, 1.807) is 0 Å². The Kier molecular flexibility index (Phi) is 19.5. The molecule has 0 radical (unpaired) electrons. The summed E-state index contributed by atoms with van der Waals surface area (Å²) in [6.45, 7) is 5.18. The molecule has 0 saturated heterocycles. The fourth-order valence-corrected chi connectivity index (χ4v) is 2.57. The quantitative estimate of drug-likeness (QED) is 0.262. The van der Waals surface area contributed by atoms with Crippen molar-refractivity contribution >= 4 is 0 Å². The van der Waals surface area contributed by atoms with E-state index in [1.807, 2.05) is 0 Å². The summed E-state index contributed by atoms with van der Waals surface area (Å²) < 4.78 is 6.60. The fourth-order valence-electron chi connectivity index (χ4n) is 2.57. The minimum atomic E-state index is 0. The number of unbranched alkanes of at least 4 members (excludes halogenated alkanes) is 9. The number of nitrogens with zero attached hydrogens (tertiary/aromatic N) is 1. The predicted octanol–water partition coefficient (Wildman–Crippen LogP) is 1.34. The standard InChI is InChI=1S/C18H40NO2.ClH/c1-4-5-6-7-8-9-10-11-12-13-17-21-18-19(2,3)15-14-16-20;/h20H,4-18H2,1-3H3;1H/q+1;/p-1. The Morgan fingerprint density at radius 3 is 1.77 bits per heavy atom. The second-order valence-electron chi connectivity index (χ2n) is 6.96. The topological polar surface area (TPSA) is 29.5 Å². The zero-order valence-corrected chi connectivity index (χ0v) is 16.0. The van der Waals surface area contributed by atoms with Crippen LogP contribution in [0.5, 0.6) is 0 Å². The van der Waals surface area contributed by atoms with Crippen molar-refractivity contribution in [1.82, 2.24) is 0 Å². The number of halogens is 1. The Labute approximate surface area is 145 Å². The van der Waals surface area contributed by atoms with E-state index in [-0.39, 0.29) is 19.0 Å². The zero-order chi connectivity index (χ0) is 15.8. The maximum Gasteiger partial charge on any atom is 0.182 e. The first kappa shape index (κ1) is 24.4. The molecule has 4 heteroatoms. The molecule has 0 aliphatic heterocycles. The van der Waals surface area contributed by atoms with Gasteiger partial charge in [0, 0.05) is 13.0 Å². The summed E-state index contributed by atoms with van der Waals surface area (Å²) in [5.41, 5.74) is 0. The van der Waals surface area contributed by atoms with Crippen molar-refractivity contribution in [2.24, 2.45) is 0 Å². The Morgan fingerprint density at radius 2 is 1.27 bits per heavy atom. The predicted molar refractivity (Wildman–Crippen MR) is 91.3 cm³/mol. The molecule has 0 aromatic heterocycles. The van der Waals surface area contributed by atoms with Gasteiger partial charge in [0.2, 0.25) is 0 Å². The molecule has 0 fully saturated rings. The summed E-state index contributed by atoms with van der Waals surface area (Å²) in [5.74, 6) is 0. The van der Waals surface area contributed by atoms with Gasteiger partial charge in [0.25, 0.3) is 0 Å². The van der Waals surface area contributed by atoms with E-state index in [1.165, 1.54) is 64.2 Å². The molecule has 0 unspecified atom stereocenters. The van der Waals surface area contributed by atoms with E-state index in [9.17, 15) is 0 Å². The maximum atomic E-state index is 8.85. The van der Waals surface area contributed by atoms with E-state index in [0.717, 1.165) is 30.8 Å². The van der Waals surface area contributed by atoms with Crippen molar-refractivity contribution < 1.29 is 26.7 Å². The Morgan fingerprint density at radius 1 is 0.773 bits per heavy atom. The largest absolute Gasteiger partial charge is 1.00 e. The Bertz CT molecular complexity index is 213. The van der Waals surface area contributed by atoms with Gasteiger partial charge >= 0.3 is 0 Å². The molecule has 0 rings (SSSR count). The van der Waals surface area contributed by atoms with Crippen LogP contribution in [0.2, 0.25) is 0 Å². The highest BCUT2D eigenvalue weighted by Crippen LogP contribution is 2.10. The van der Waals surface area contributed by atoms with Gasteiger partial charge < -0.3 is 26.7 Å². The number of ether oxygens (including phenoxy) is 1. The second-order valence-corrected chi connectivity index (χ2v) is 6.96. The first-order valence-corrected chi connectivity index (χ1v) is 9.13. The molecule has 0 saturated carbocycles. The molecule has 0 aliphatic rings. The first-order valence-electron chi connectivity index (χ1n) is 9.13. The van der Waals surface area contributed by atoms with Crippen molar-refractivity contribution in [2.75, 3.05) is 40.6 Å². The molecule has 0 spiro atoms. The van der Waals surface area contributed by atoms with E-state index < -0.39 is 0 Å². The molecule has 0 bridgehead atoms. The normalized spacial score (nSPS) is 11.5. The molecular weight excluding hydrogens is 298 g/mol. The lowest BCUT2D eigenvalue weighted by Crippen LogP contribution is -3.00. The Hall–Kier alpha value is 0.170. The average molecular weight is 338 g/mol. The summed E-state index contributed by atoms with van der Waals surface area (Å²) >= 11 is 0. The van der Waals surface area contributed by atoms with Crippen LogP contribution in [0.4, 0.5) is 0 Å². The minimum absolute atomic E-state index is 0. The molecule has 0 aliphatic carbocycles. The fraction of sp³-hybridized carbons (Fsp3) is 1.00. The second kappa shape index (κ2) is 17.5. The highest BCUT2D eigenvalue weighted by atomic mass is 35.5. The van der Waals surface area contributed by atoms with Gasteiger partial charge in [-0.2, -0.15) is 0 Å². The Balaban J connectivity index is 0. The van der Waals surface area contributed by atoms with Gasteiger partial charge in [-0.05, 0) is 6.42 Å². The number of hydrogen-bond donors (Lipinski definition) is 1. The number of rotatable bonds is 16. The van der Waals surface area contributed by atoms with Crippen molar-refractivity contribution in [3.8, 4) is 0 Å². The van der Waals surface area contributed by atoms with Gasteiger partial charge in [0.15, 0.2) is 6.73 Å². The van der Waals surface area contributed by atoms with E-state index in [4.69, 9.17) is 9.84 Å². The molecule has 1 N–H and O–H groups in total. The smallest absolute Gasteiger partial charge is 0.182 e. The van der Waals surface area contributed by atoms with Crippen LogP contribution in [-0.4, -0.2) is 50.2 Å². The van der Waals surface area contributed by atoms with Gasteiger partial charge in [0.1, 0.15) is 0 Å². The SMILES string of the molecule is CCCCCCCCCCCCOC[N+](C)(C)CCCO.[Cl-]. The third-order valence-corrected chi connectivity index (χ3v) is 4.00. The van der Waals surface area contributed by atoms with Crippen LogP contribution < -0.4 is 12.4 Å². The molecular formula is C18H40ClNO2. The lowest BCUT2D eigenvalue weighted by atomic mass is 10.1. The molecule has 0 atom stereocenters. The van der Waals surface area contributed by atoms with Gasteiger partial charge in [-0.3, -0.25) is 0 Å². The van der Waals surface area contributed by atoms with Gasteiger partial charge in [-0.25, -0.2) is 0 Å². The van der Waals surface area contributed by atoms with Gasteiger partial charge in [0.05, 0.1) is 27.2 Å². The molecule has 0 amide bonds. The van der Waals surface area contributed by atoms with Crippen LogP contribution >= 0.6 is 0 Å². The van der Waals surface area contributed by atoms with Crippen molar-refractivity contribution in [3.05, 3.63) is 0 Å². The van der Waals surface area contributed by atoms with Crippen LogP contribution in [0.15, 0.2) is 0 Å². The molecule has 0 aromatic carbocycles. The van der Waals surface area contributed by atoms with Crippen molar-refractivity contribution in [3.63, 3.8) is 0 Å². The van der Waals surface area contributed by atoms with Crippen LogP contribution in [0.1, 0.15) is 77.6 Å². The average Bonchev–Trinajstić information content (AvgIpc) is 2.46. The maximum absolute atomic E-state index is 8.85. The van der Waals surface area contributed by atoms with Gasteiger partial charge in [-0.1, -0.05) is 64.7 Å². The summed E-state index contributed by atoms with van der Waals surface area (Å²) in [5, 5.41) is 8.85. The number of quaternary nitrogens is 1. The third-order valence-electron chi connectivity index (χ3n) is 4.00. The lowest BCUT2D eigenvalue weighted by Gasteiger charge is -2.28. The van der Waals surface area contributed by atoms with Crippen LogP contribution in [0.3, 0.4) is 0 Å². The van der Waals surface area contributed by atoms with Crippen LogP contribution in [0.25, 0.3) is 0 Å². The molecule has 0 heterocycles. The zero-order valence-electron chi connectivity index (χ0n) is 15.3. The minimum Gasteiger partial charge on any atom is -1.00 e. The number of aliphatic hydroxyl groups excluding tert-OH is 1.